The molecule has 0 spiro atoms. The molecule has 0 fully saturated rings. The number of allylic oxidation sites excluding steroid dienone is 7. The molecule has 3 unspecified atom stereocenters. The van der Waals surface area contributed by atoms with E-state index in [0.29, 0.717) is 6.42 Å². The molecular formula is C45H83NO4. The van der Waals surface area contributed by atoms with Crippen molar-refractivity contribution in [2.45, 2.75) is 225 Å². The molecule has 0 aromatic carbocycles. The first kappa shape index (κ1) is 48.3. The molecule has 4 N–H and O–H groups in total. The largest absolute Gasteiger partial charge is 0.394 e. The van der Waals surface area contributed by atoms with E-state index in [1.54, 1.807) is 6.08 Å². The van der Waals surface area contributed by atoms with E-state index >= 15 is 0 Å². The molecule has 0 saturated carbocycles. The Labute approximate surface area is 310 Å². The fourth-order valence-corrected chi connectivity index (χ4v) is 6.25. The van der Waals surface area contributed by atoms with Gasteiger partial charge in [-0.05, 0) is 70.6 Å². The summed E-state index contributed by atoms with van der Waals surface area (Å²) in [6.07, 6.45) is 51.1. The Morgan fingerprint density at radius 3 is 1.30 bits per heavy atom. The lowest BCUT2D eigenvalue weighted by atomic mass is 10.0. The zero-order valence-corrected chi connectivity index (χ0v) is 33.0. The SMILES string of the molecule is CCCCCC/C=C/CC/C=C/CC/C=C/C(O)C(CO)NC(=O)CC(O)CCCCCCC/C=C\CCCCCCCCCCCCCC. The molecule has 292 valence electrons. The molecule has 0 aliphatic heterocycles. The number of rotatable bonds is 38. The summed E-state index contributed by atoms with van der Waals surface area (Å²) in [5.74, 6) is -0.336. The van der Waals surface area contributed by atoms with Crippen molar-refractivity contribution in [2.24, 2.45) is 0 Å². The van der Waals surface area contributed by atoms with Crippen LogP contribution >= 0.6 is 0 Å². The second-order valence-corrected chi connectivity index (χ2v) is 14.6. The molecule has 0 aromatic rings. The van der Waals surface area contributed by atoms with Crippen LogP contribution in [0.15, 0.2) is 48.6 Å². The second kappa shape index (κ2) is 40.1. The van der Waals surface area contributed by atoms with Gasteiger partial charge in [0.15, 0.2) is 0 Å². The van der Waals surface area contributed by atoms with Gasteiger partial charge in [-0.25, -0.2) is 0 Å². The summed E-state index contributed by atoms with van der Waals surface area (Å²) < 4.78 is 0. The van der Waals surface area contributed by atoms with Crippen molar-refractivity contribution in [3.8, 4) is 0 Å². The average Bonchev–Trinajstić information content (AvgIpc) is 3.11. The van der Waals surface area contributed by atoms with E-state index < -0.39 is 18.2 Å². The highest BCUT2D eigenvalue weighted by molar-refractivity contribution is 5.76. The Morgan fingerprint density at radius 2 is 0.860 bits per heavy atom. The summed E-state index contributed by atoms with van der Waals surface area (Å²) in [6, 6.07) is -0.770. The molecule has 1 amide bonds. The second-order valence-electron chi connectivity index (χ2n) is 14.6. The molecular weight excluding hydrogens is 618 g/mol. The first-order valence-corrected chi connectivity index (χ1v) is 21.4. The molecule has 0 heterocycles. The maximum Gasteiger partial charge on any atom is 0.222 e. The summed E-state index contributed by atoms with van der Waals surface area (Å²) in [7, 11) is 0. The molecule has 50 heavy (non-hydrogen) atoms. The molecule has 0 aliphatic carbocycles. The van der Waals surface area contributed by atoms with Crippen molar-refractivity contribution in [2.75, 3.05) is 6.61 Å². The molecule has 5 heteroatoms. The van der Waals surface area contributed by atoms with Crippen LogP contribution in [0.2, 0.25) is 0 Å². The van der Waals surface area contributed by atoms with Gasteiger partial charge in [-0.3, -0.25) is 4.79 Å². The molecule has 5 nitrogen and oxygen atoms in total. The third-order valence-corrected chi connectivity index (χ3v) is 9.57. The van der Waals surface area contributed by atoms with E-state index in [0.717, 1.165) is 51.4 Å². The number of unbranched alkanes of at least 4 members (excludes halogenated alkanes) is 23. The zero-order valence-electron chi connectivity index (χ0n) is 33.0. The Balaban J connectivity index is 3.72. The van der Waals surface area contributed by atoms with Crippen LogP contribution in [0.5, 0.6) is 0 Å². The molecule has 0 aliphatic rings. The topological polar surface area (TPSA) is 89.8 Å². The Bertz CT molecular complexity index is 820. The summed E-state index contributed by atoms with van der Waals surface area (Å²) in [5.41, 5.74) is 0. The van der Waals surface area contributed by atoms with Crippen molar-refractivity contribution in [1.82, 2.24) is 5.32 Å². The van der Waals surface area contributed by atoms with Gasteiger partial charge in [0.1, 0.15) is 0 Å². The minimum Gasteiger partial charge on any atom is -0.394 e. The van der Waals surface area contributed by atoms with Crippen molar-refractivity contribution in [3.63, 3.8) is 0 Å². The van der Waals surface area contributed by atoms with Crippen LogP contribution in [0.25, 0.3) is 0 Å². The van der Waals surface area contributed by atoms with Crippen molar-refractivity contribution in [1.29, 1.82) is 0 Å². The van der Waals surface area contributed by atoms with Crippen LogP contribution in [0.1, 0.15) is 206 Å². The van der Waals surface area contributed by atoms with Gasteiger partial charge in [-0.2, -0.15) is 0 Å². The number of hydrogen-bond acceptors (Lipinski definition) is 4. The van der Waals surface area contributed by atoms with Gasteiger partial charge in [0.2, 0.25) is 5.91 Å². The highest BCUT2D eigenvalue weighted by atomic mass is 16.3. The van der Waals surface area contributed by atoms with Crippen LogP contribution in [-0.2, 0) is 4.79 Å². The first-order chi connectivity index (χ1) is 24.5. The lowest BCUT2D eigenvalue weighted by molar-refractivity contribution is -0.124. The van der Waals surface area contributed by atoms with Crippen LogP contribution in [0, 0.1) is 0 Å². The van der Waals surface area contributed by atoms with E-state index in [4.69, 9.17) is 0 Å². The fraction of sp³-hybridized carbons (Fsp3) is 0.800. The average molecular weight is 702 g/mol. The van der Waals surface area contributed by atoms with E-state index in [1.165, 1.54) is 128 Å². The Kier molecular flexibility index (Phi) is 38.7. The normalized spacial score (nSPS) is 14.1. The van der Waals surface area contributed by atoms with Gasteiger partial charge < -0.3 is 20.6 Å². The van der Waals surface area contributed by atoms with E-state index in [9.17, 15) is 20.1 Å². The number of aliphatic hydroxyl groups excluding tert-OH is 3. The summed E-state index contributed by atoms with van der Waals surface area (Å²) in [6.45, 7) is 4.17. The van der Waals surface area contributed by atoms with Gasteiger partial charge in [0, 0.05) is 0 Å². The third-order valence-electron chi connectivity index (χ3n) is 9.57. The Morgan fingerprint density at radius 1 is 0.500 bits per heavy atom. The molecule has 0 aromatic heterocycles. The Hall–Kier alpha value is -1.69. The van der Waals surface area contributed by atoms with Crippen LogP contribution in [-0.4, -0.2) is 46.1 Å². The third kappa shape index (κ3) is 36.1. The first-order valence-electron chi connectivity index (χ1n) is 21.4. The smallest absolute Gasteiger partial charge is 0.222 e. The number of hydrogen-bond donors (Lipinski definition) is 4. The molecule has 0 radical (unpaired) electrons. The molecule has 3 atom stereocenters. The molecule has 0 bridgehead atoms. The number of carbonyl (C=O) groups excluding carboxylic acids is 1. The fourth-order valence-electron chi connectivity index (χ4n) is 6.25. The summed E-state index contributed by atoms with van der Waals surface area (Å²) in [5, 5.41) is 33.1. The predicted octanol–water partition coefficient (Wildman–Crippen LogP) is 12.2. The molecule has 0 rings (SSSR count). The monoisotopic (exact) mass is 702 g/mol. The number of carbonyl (C=O) groups is 1. The van der Waals surface area contributed by atoms with E-state index in [2.05, 4.69) is 55.6 Å². The maximum absolute atomic E-state index is 12.4. The number of amides is 1. The van der Waals surface area contributed by atoms with Crippen LogP contribution in [0.3, 0.4) is 0 Å². The highest BCUT2D eigenvalue weighted by Gasteiger charge is 2.20. The minimum atomic E-state index is -0.961. The van der Waals surface area contributed by atoms with Gasteiger partial charge in [0.05, 0.1) is 31.3 Å². The minimum absolute atomic E-state index is 0.00420. The van der Waals surface area contributed by atoms with Gasteiger partial charge in [-0.1, -0.05) is 178 Å². The summed E-state index contributed by atoms with van der Waals surface area (Å²) in [4.78, 5) is 12.4. The van der Waals surface area contributed by atoms with Crippen LogP contribution < -0.4 is 5.32 Å². The quantitative estimate of drug-likeness (QED) is 0.0381. The molecule has 0 saturated heterocycles. The standard InChI is InChI=1S/C45H83NO4/c1-3-5-7-9-11-13-15-17-19-20-21-22-23-24-25-26-28-30-32-34-36-38-42(48)40-45(50)46-43(41-47)44(49)39-37-35-33-31-29-27-18-16-14-12-10-8-6-4-2/h14,16,24-25,29,31,37,39,42-44,47-49H,3-13,15,17-23,26-28,30,32-36,38,40-41H2,1-2H3,(H,46,50)/b16-14+,25-24-,31-29+,39-37+. The van der Waals surface area contributed by atoms with Crippen molar-refractivity contribution >= 4 is 5.91 Å². The maximum atomic E-state index is 12.4. The lowest BCUT2D eigenvalue weighted by Crippen LogP contribution is -2.45. The van der Waals surface area contributed by atoms with Crippen molar-refractivity contribution in [3.05, 3.63) is 48.6 Å². The summed E-state index contributed by atoms with van der Waals surface area (Å²) >= 11 is 0. The lowest BCUT2D eigenvalue weighted by Gasteiger charge is -2.20. The number of nitrogens with one attached hydrogen (secondary N) is 1. The van der Waals surface area contributed by atoms with E-state index in [-0.39, 0.29) is 18.9 Å². The predicted molar refractivity (Wildman–Crippen MR) is 217 cm³/mol. The zero-order chi connectivity index (χ0) is 36.6. The highest BCUT2D eigenvalue weighted by Crippen LogP contribution is 2.14. The van der Waals surface area contributed by atoms with E-state index in [1.807, 2.05) is 6.08 Å². The number of aliphatic hydroxyl groups is 3. The van der Waals surface area contributed by atoms with Gasteiger partial charge in [-0.15, -0.1) is 0 Å². The van der Waals surface area contributed by atoms with Gasteiger partial charge >= 0.3 is 0 Å². The van der Waals surface area contributed by atoms with Crippen LogP contribution in [0.4, 0.5) is 0 Å². The van der Waals surface area contributed by atoms with Gasteiger partial charge in [0.25, 0.3) is 0 Å². The van der Waals surface area contributed by atoms with Crippen molar-refractivity contribution < 1.29 is 20.1 Å².